The summed E-state index contributed by atoms with van der Waals surface area (Å²) >= 11 is 0. The second-order valence-corrected chi connectivity index (χ2v) is 8.61. The molecule has 3 rings (SSSR count). The molecule has 124 valence electrons. The van der Waals surface area contributed by atoms with Crippen LogP contribution in [0.1, 0.15) is 59.8 Å². The van der Waals surface area contributed by atoms with Crippen LogP contribution in [0.3, 0.4) is 0 Å². The number of allylic oxidation sites excluding steroid dienone is 6. The van der Waals surface area contributed by atoms with Crippen LogP contribution in [0.15, 0.2) is 35.5 Å². The summed E-state index contributed by atoms with van der Waals surface area (Å²) in [6, 6.07) is 0. The fourth-order valence-corrected chi connectivity index (χ4v) is 5.47. The van der Waals surface area contributed by atoms with Gasteiger partial charge in [-0.2, -0.15) is 0 Å². The lowest BCUT2D eigenvalue weighted by atomic mass is 9.48. The number of carbonyl (C=O) groups excluding carboxylic acids is 2. The minimum absolute atomic E-state index is 0.0122. The Morgan fingerprint density at radius 1 is 1.13 bits per heavy atom. The van der Waals surface area contributed by atoms with Crippen LogP contribution in [-0.2, 0) is 9.59 Å². The first-order valence-corrected chi connectivity index (χ1v) is 8.88. The lowest BCUT2D eigenvalue weighted by molar-refractivity contribution is -0.115. The van der Waals surface area contributed by atoms with Crippen LogP contribution < -0.4 is 0 Å². The summed E-state index contributed by atoms with van der Waals surface area (Å²) in [6.45, 7) is 9.43. The van der Waals surface area contributed by atoms with Crippen molar-refractivity contribution in [1.29, 1.82) is 0 Å². The molecule has 1 fully saturated rings. The highest BCUT2D eigenvalue weighted by Crippen LogP contribution is 2.60. The van der Waals surface area contributed by atoms with E-state index in [-0.39, 0.29) is 17.0 Å². The summed E-state index contributed by atoms with van der Waals surface area (Å²) in [4.78, 5) is 23.9. The summed E-state index contributed by atoms with van der Waals surface area (Å²) < 4.78 is 0. The van der Waals surface area contributed by atoms with E-state index < -0.39 is 0 Å². The molecule has 0 amide bonds. The Balaban J connectivity index is 1.94. The second kappa shape index (κ2) is 5.58. The quantitative estimate of drug-likeness (QED) is 0.541. The first-order valence-electron chi connectivity index (χ1n) is 8.88. The molecule has 1 saturated carbocycles. The maximum Gasteiger partial charge on any atom is 0.182 e. The molecule has 0 saturated heterocycles. The van der Waals surface area contributed by atoms with Gasteiger partial charge in [-0.1, -0.05) is 38.8 Å². The Morgan fingerprint density at radius 2 is 1.87 bits per heavy atom. The van der Waals surface area contributed by atoms with Crippen molar-refractivity contribution in [2.75, 3.05) is 0 Å². The van der Waals surface area contributed by atoms with Crippen LogP contribution in [0.2, 0.25) is 0 Å². The highest BCUT2D eigenvalue weighted by atomic mass is 16.1. The van der Waals surface area contributed by atoms with E-state index in [1.54, 1.807) is 6.08 Å². The minimum Gasteiger partial charge on any atom is -0.290 e. The summed E-state index contributed by atoms with van der Waals surface area (Å²) in [6.07, 6.45) is 12.4. The van der Waals surface area contributed by atoms with E-state index in [2.05, 4.69) is 33.8 Å². The first-order chi connectivity index (χ1) is 10.7. The van der Waals surface area contributed by atoms with Crippen molar-refractivity contribution < 1.29 is 9.59 Å². The third kappa shape index (κ3) is 2.77. The second-order valence-electron chi connectivity index (χ2n) is 8.61. The van der Waals surface area contributed by atoms with Crippen LogP contribution in [0.25, 0.3) is 0 Å². The highest BCUT2D eigenvalue weighted by Gasteiger charge is 2.51. The van der Waals surface area contributed by atoms with Gasteiger partial charge in [0.2, 0.25) is 0 Å². The number of rotatable bonds is 2. The number of hydrogen-bond donors (Lipinski definition) is 0. The van der Waals surface area contributed by atoms with Crippen molar-refractivity contribution >= 4 is 11.6 Å². The number of carbonyl (C=O) groups is 2. The average Bonchev–Trinajstić information content (AvgIpc) is 2.45. The van der Waals surface area contributed by atoms with E-state index in [1.165, 1.54) is 37.0 Å². The fourth-order valence-electron chi connectivity index (χ4n) is 5.47. The molecule has 0 aromatic heterocycles. The zero-order chi connectivity index (χ0) is 16.8. The van der Waals surface area contributed by atoms with Crippen LogP contribution in [0.4, 0.5) is 0 Å². The summed E-state index contributed by atoms with van der Waals surface area (Å²) in [7, 11) is 0. The molecule has 0 spiro atoms. The van der Waals surface area contributed by atoms with Gasteiger partial charge in [-0.3, -0.25) is 9.59 Å². The molecule has 2 nitrogen and oxygen atoms in total. The Bertz CT molecular complexity index is 632. The monoisotopic (exact) mass is 312 g/mol. The Kier molecular flexibility index (Phi) is 3.98. The molecule has 3 aliphatic carbocycles. The summed E-state index contributed by atoms with van der Waals surface area (Å²) in [5.41, 5.74) is 2.67. The van der Waals surface area contributed by atoms with Crippen molar-refractivity contribution in [3.8, 4) is 0 Å². The molecule has 0 aliphatic heterocycles. The van der Waals surface area contributed by atoms with Gasteiger partial charge in [0.25, 0.3) is 0 Å². The molecule has 3 aliphatic rings. The smallest absolute Gasteiger partial charge is 0.182 e. The summed E-state index contributed by atoms with van der Waals surface area (Å²) in [5, 5.41) is 0. The third-order valence-electron chi connectivity index (χ3n) is 6.75. The molecular formula is C21H28O2. The molecule has 0 radical (unpaired) electrons. The average molecular weight is 312 g/mol. The van der Waals surface area contributed by atoms with Crippen LogP contribution >= 0.6 is 0 Å². The molecule has 3 atom stereocenters. The van der Waals surface area contributed by atoms with E-state index in [0.717, 1.165) is 6.42 Å². The van der Waals surface area contributed by atoms with Crippen molar-refractivity contribution in [2.24, 2.45) is 22.7 Å². The van der Waals surface area contributed by atoms with E-state index in [1.807, 2.05) is 0 Å². The molecule has 2 heteroatoms. The van der Waals surface area contributed by atoms with Gasteiger partial charge in [0.1, 0.15) is 0 Å². The van der Waals surface area contributed by atoms with Crippen molar-refractivity contribution in [3.05, 3.63) is 35.5 Å². The predicted molar refractivity (Wildman–Crippen MR) is 92.9 cm³/mol. The lowest BCUT2D eigenvalue weighted by Crippen LogP contribution is -2.48. The molecule has 0 aromatic rings. The van der Waals surface area contributed by atoms with Gasteiger partial charge in [-0.25, -0.2) is 0 Å². The van der Waals surface area contributed by atoms with Crippen LogP contribution in [-0.4, -0.2) is 11.6 Å². The number of fused-ring (bicyclic) bond motifs is 1. The Hall–Kier alpha value is -1.44. The molecule has 0 heterocycles. The molecule has 0 aromatic carbocycles. The SMILES string of the molecule is CC1=CCC2C(C)(C)CCCC2(C)C1CC1=CC(=O)C=CC1=O. The van der Waals surface area contributed by atoms with Gasteiger partial charge < -0.3 is 0 Å². The third-order valence-corrected chi connectivity index (χ3v) is 6.75. The molecule has 0 bridgehead atoms. The zero-order valence-electron chi connectivity index (χ0n) is 14.8. The van der Waals surface area contributed by atoms with E-state index in [4.69, 9.17) is 0 Å². The van der Waals surface area contributed by atoms with Crippen LogP contribution in [0, 0.1) is 22.7 Å². The lowest BCUT2D eigenvalue weighted by Gasteiger charge is -2.57. The van der Waals surface area contributed by atoms with Gasteiger partial charge in [0.15, 0.2) is 11.6 Å². The Labute approximate surface area is 139 Å². The van der Waals surface area contributed by atoms with Crippen molar-refractivity contribution in [2.45, 2.75) is 59.8 Å². The topological polar surface area (TPSA) is 34.1 Å². The summed E-state index contributed by atoms with van der Waals surface area (Å²) in [5.74, 6) is 0.985. The van der Waals surface area contributed by atoms with E-state index in [9.17, 15) is 9.59 Å². The van der Waals surface area contributed by atoms with E-state index in [0.29, 0.717) is 29.2 Å². The fraction of sp³-hybridized carbons (Fsp3) is 0.619. The standard InChI is InChI=1S/C21H28O2/c1-14-6-9-19-20(2,3)10-5-11-21(19,4)17(14)13-15-12-16(22)7-8-18(15)23/h6-8,12,17,19H,5,9-11,13H2,1-4H3. The zero-order valence-corrected chi connectivity index (χ0v) is 14.8. The van der Waals surface area contributed by atoms with Crippen LogP contribution in [0.5, 0.6) is 0 Å². The predicted octanol–water partition coefficient (Wildman–Crippen LogP) is 4.81. The number of hydrogen-bond acceptors (Lipinski definition) is 2. The number of ketones is 2. The molecule has 23 heavy (non-hydrogen) atoms. The maximum atomic E-state index is 12.2. The van der Waals surface area contributed by atoms with Crippen molar-refractivity contribution in [1.82, 2.24) is 0 Å². The maximum absolute atomic E-state index is 12.2. The highest BCUT2D eigenvalue weighted by molar-refractivity contribution is 6.17. The van der Waals surface area contributed by atoms with Gasteiger partial charge in [0, 0.05) is 5.57 Å². The largest absolute Gasteiger partial charge is 0.290 e. The Morgan fingerprint density at radius 3 is 2.61 bits per heavy atom. The van der Waals surface area contributed by atoms with Crippen molar-refractivity contribution in [3.63, 3.8) is 0 Å². The molecule has 3 unspecified atom stereocenters. The molecule has 0 N–H and O–H groups in total. The van der Waals surface area contributed by atoms with Gasteiger partial charge >= 0.3 is 0 Å². The molecular weight excluding hydrogens is 284 g/mol. The van der Waals surface area contributed by atoms with Gasteiger partial charge in [0.05, 0.1) is 0 Å². The first kappa shape index (κ1) is 16.4. The van der Waals surface area contributed by atoms with E-state index >= 15 is 0 Å². The van der Waals surface area contributed by atoms with Gasteiger partial charge in [-0.05, 0) is 73.5 Å². The normalized spacial score (nSPS) is 36.3. The minimum atomic E-state index is -0.0530. The van der Waals surface area contributed by atoms with Gasteiger partial charge in [-0.15, -0.1) is 0 Å².